The fourth-order valence-corrected chi connectivity index (χ4v) is 1.71. The number of hydrogen-bond donors (Lipinski definition) is 1. The van der Waals surface area contributed by atoms with Crippen molar-refractivity contribution in [2.24, 2.45) is 0 Å². The number of methoxy groups -OCH3 is 3. The highest BCUT2D eigenvalue weighted by atomic mass is 19.1. The third kappa shape index (κ3) is 3.41. The Labute approximate surface area is 106 Å². The van der Waals surface area contributed by atoms with Crippen LogP contribution in [0.4, 0.5) is 4.39 Å². The Kier molecular flexibility index (Phi) is 5.07. The van der Waals surface area contributed by atoms with Gasteiger partial charge in [-0.15, -0.1) is 0 Å². The molecule has 0 amide bonds. The fraction of sp³-hybridized carbons (Fsp3) is 0.538. The minimum absolute atomic E-state index is 0.143. The van der Waals surface area contributed by atoms with Crippen LogP contribution in [0.3, 0.4) is 0 Å². The Hall–Kier alpha value is -1.17. The maximum atomic E-state index is 13.6. The quantitative estimate of drug-likeness (QED) is 0.793. The van der Waals surface area contributed by atoms with Crippen LogP contribution < -0.4 is 4.74 Å². The largest absolute Gasteiger partial charge is 0.494 e. The molecule has 1 unspecified atom stereocenters. The molecule has 0 heterocycles. The van der Waals surface area contributed by atoms with E-state index < -0.39 is 17.7 Å². The van der Waals surface area contributed by atoms with Gasteiger partial charge in [-0.1, -0.05) is 6.07 Å². The summed E-state index contributed by atoms with van der Waals surface area (Å²) in [6.45, 7) is 1.58. The normalized spacial score (nSPS) is 14.6. The van der Waals surface area contributed by atoms with E-state index in [4.69, 9.17) is 14.2 Å². The van der Waals surface area contributed by atoms with Gasteiger partial charge in [-0.05, 0) is 24.6 Å². The van der Waals surface area contributed by atoms with E-state index in [-0.39, 0.29) is 12.2 Å². The van der Waals surface area contributed by atoms with Crippen molar-refractivity contribution in [3.63, 3.8) is 0 Å². The van der Waals surface area contributed by atoms with Gasteiger partial charge in [0.25, 0.3) is 0 Å². The molecule has 0 saturated carbocycles. The molecule has 1 aromatic rings. The SMILES string of the molecule is COc1ccc(C(C)(O)CC(OC)OC)cc1F. The number of benzene rings is 1. The van der Waals surface area contributed by atoms with E-state index in [1.807, 2.05) is 0 Å². The molecule has 0 aliphatic heterocycles. The summed E-state index contributed by atoms with van der Waals surface area (Å²) in [7, 11) is 4.36. The Morgan fingerprint density at radius 1 is 1.28 bits per heavy atom. The smallest absolute Gasteiger partial charge is 0.165 e. The molecule has 0 aliphatic carbocycles. The predicted octanol–water partition coefficient (Wildman–Crippen LogP) is 2.05. The molecule has 0 aliphatic rings. The van der Waals surface area contributed by atoms with Crippen molar-refractivity contribution in [1.29, 1.82) is 0 Å². The van der Waals surface area contributed by atoms with E-state index in [1.54, 1.807) is 13.0 Å². The van der Waals surface area contributed by atoms with E-state index in [9.17, 15) is 9.50 Å². The number of aliphatic hydroxyl groups is 1. The Bertz CT molecular complexity index is 389. The predicted molar refractivity (Wildman–Crippen MR) is 64.9 cm³/mol. The van der Waals surface area contributed by atoms with Crippen LogP contribution in [0, 0.1) is 5.82 Å². The van der Waals surface area contributed by atoms with Gasteiger partial charge in [-0.3, -0.25) is 0 Å². The topological polar surface area (TPSA) is 47.9 Å². The number of hydrogen-bond acceptors (Lipinski definition) is 4. The first-order valence-electron chi connectivity index (χ1n) is 5.56. The highest BCUT2D eigenvalue weighted by Crippen LogP contribution is 2.30. The first kappa shape index (κ1) is 14.9. The average Bonchev–Trinajstić information content (AvgIpc) is 2.35. The lowest BCUT2D eigenvalue weighted by Gasteiger charge is -2.27. The van der Waals surface area contributed by atoms with Gasteiger partial charge < -0.3 is 19.3 Å². The standard InChI is InChI=1S/C13H19FO4/c1-13(15,8-12(17-3)18-4)9-5-6-11(16-2)10(14)7-9/h5-7,12,15H,8H2,1-4H3. The van der Waals surface area contributed by atoms with E-state index in [2.05, 4.69) is 0 Å². The van der Waals surface area contributed by atoms with Crippen LogP contribution in [-0.4, -0.2) is 32.7 Å². The second-order valence-electron chi connectivity index (χ2n) is 4.23. The van der Waals surface area contributed by atoms with E-state index >= 15 is 0 Å². The maximum Gasteiger partial charge on any atom is 0.165 e. The van der Waals surface area contributed by atoms with Crippen molar-refractivity contribution < 1.29 is 23.7 Å². The third-order valence-corrected chi connectivity index (χ3v) is 2.86. The van der Waals surface area contributed by atoms with Gasteiger partial charge in [0.1, 0.15) is 0 Å². The molecule has 1 N–H and O–H groups in total. The van der Waals surface area contributed by atoms with Crippen LogP contribution in [0.25, 0.3) is 0 Å². The van der Waals surface area contributed by atoms with Crippen molar-refractivity contribution >= 4 is 0 Å². The van der Waals surface area contributed by atoms with Crippen molar-refractivity contribution in [1.82, 2.24) is 0 Å². The van der Waals surface area contributed by atoms with Gasteiger partial charge in [0.15, 0.2) is 17.9 Å². The summed E-state index contributed by atoms with van der Waals surface area (Å²) >= 11 is 0. The Morgan fingerprint density at radius 3 is 2.33 bits per heavy atom. The van der Waals surface area contributed by atoms with Crippen LogP contribution >= 0.6 is 0 Å². The minimum Gasteiger partial charge on any atom is -0.494 e. The van der Waals surface area contributed by atoms with Crippen molar-refractivity contribution in [3.05, 3.63) is 29.6 Å². The molecule has 0 saturated heterocycles. The summed E-state index contributed by atoms with van der Waals surface area (Å²) in [5, 5.41) is 10.3. The highest BCUT2D eigenvalue weighted by Gasteiger charge is 2.28. The molecule has 0 aromatic heterocycles. The lowest BCUT2D eigenvalue weighted by Crippen LogP contribution is -2.29. The lowest BCUT2D eigenvalue weighted by molar-refractivity contribution is -0.142. The molecule has 5 heteroatoms. The first-order valence-corrected chi connectivity index (χ1v) is 5.56. The summed E-state index contributed by atoms with van der Waals surface area (Å²) in [5.74, 6) is -0.369. The number of rotatable bonds is 6. The van der Waals surface area contributed by atoms with E-state index in [1.165, 1.54) is 33.5 Å². The van der Waals surface area contributed by atoms with Crippen LogP contribution in [0.1, 0.15) is 18.9 Å². The number of halogens is 1. The number of ether oxygens (including phenoxy) is 3. The summed E-state index contributed by atoms with van der Waals surface area (Å²) in [4.78, 5) is 0. The second kappa shape index (κ2) is 6.13. The Balaban J connectivity index is 2.93. The van der Waals surface area contributed by atoms with Gasteiger partial charge in [-0.2, -0.15) is 0 Å². The van der Waals surface area contributed by atoms with Crippen LogP contribution in [0.15, 0.2) is 18.2 Å². The molecular formula is C13H19FO4. The molecule has 0 radical (unpaired) electrons. The Morgan fingerprint density at radius 2 is 1.89 bits per heavy atom. The zero-order chi connectivity index (χ0) is 13.8. The molecule has 0 bridgehead atoms. The van der Waals surface area contributed by atoms with Gasteiger partial charge in [0.2, 0.25) is 0 Å². The monoisotopic (exact) mass is 258 g/mol. The average molecular weight is 258 g/mol. The fourth-order valence-electron chi connectivity index (χ4n) is 1.71. The van der Waals surface area contributed by atoms with E-state index in [0.717, 1.165) is 0 Å². The van der Waals surface area contributed by atoms with Gasteiger partial charge in [0, 0.05) is 20.6 Å². The third-order valence-electron chi connectivity index (χ3n) is 2.86. The van der Waals surface area contributed by atoms with Gasteiger partial charge in [-0.25, -0.2) is 4.39 Å². The van der Waals surface area contributed by atoms with Crippen molar-refractivity contribution in [2.75, 3.05) is 21.3 Å². The summed E-state index contributed by atoms with van der Waals surface area (Å²) < 4.78 is 28.5. The summed E-state index contributed by atoms with van der Waals surface area (Å²) in [6.07, 6.45) is -0.351. The van der Waals surface area contributed by atoms with E-state index in [0.29, 0.717) is 5.56 Å². The van der Waals surface area contributed by atoms with Crippen LogP contribution in [0.2, 0.25) is 0 Å². The molecule has 0 fully saturated rings. The molecule has 18 heavy (non-hydrogen) atoms. The van der Waals surface area contributed by atoms with Crippen LogP contribution in [0.5, 0.6) is 5.75 Å². The molecule has 1 aromatic carbocycles. The summed E-state index contributed by atoms with van der Waals surface area (Å²) in [6, 6.07) is 4.35. The summed E-state index contributed by atoms with van der Waals surface area (Å²) in [5.41, 5.74) is -0.802. The molecule has 102 valence electrons. The lowest BCUT2D eigenvalue weighted by atomic mass is 9.92. The minimum atomic E-state index is -1.25. The molecule has 4 nitrogen and oxygen atoms in total. The molecule has 0 spiro atoms. The zero-order valence-electron chi connectivity index (χ0n) is 11.1. The molecule has 1 rings (SSSR count). The maximum absolute atomic E-state index is 13.6. The second-order valence-corrected chi connectivity index (χ2v) is 4.23. The first-order chi connectivity index (χ1) is 8.44. The zero-order valence-corrected chi connectivity index (χ0v) is 11.1. The van der Waals surface area contributed by atoms with Crippen molar-refractivity contribution in [3.8, 4) is 5.75 Å². The van der Waals surface area contributed by atoms with Crippen LogP contribution in [-0.2, 0) is 15.1 Å². The van der Waals surface area contributed by atoms with Crippen molar-refractivity contribution in [2.45, 2.75) is 25.2 Å². The highest BCUT2D eigenvalue weighted by molar-refractivity contribution is 5.32. The molecular weight excluding hydrogens is 239 g/mol. The molecule has 1 atom stereocenters. The van der Waals surface area contributed by atoms with Gasteiger partial charge in [0.05, 0.1) is 12.7 Å². The van der Waals surface area contributed by atoms with Gasteiger partial charge >= 0.3 is 0 Å².